The second-order valence-electron chi connectivity index (χ2n) is 5.65. The van der Waals surface area contributed by atoms with Gasteiger partial charge in [-0.2, -0.15) is 0 Å². The molecule has 3 rings (SSSR count). The van der Waals surface area contributed by atoms with Gasteiger partial charge in [-0.25, -0.2) is 9.38 Å². The van der Waals surface area contributed by atoms with E-state index >= 15 is 0 Å². The van der Waals surface area contributed by atoms with Crippen LogP contribution in [0.15, 0.2) is 53.5 Å². The molecule has 2 aromatic carbocycles. The SMILES string of the molecule is CC[C@H]1CSC(=Nc2ccc(OC)cc2)N1C(=O)c1ccc(F)cc1. The first kappa shape index (κ1) is 17.5. The smallest absolute Gasteiger partial charge is 0.260 e. The summed E-state index contributed by atoms with van der Waals surface area (Å²) < 4.78 is 18.3. The lowest BCUT2D eigenvalue weighted by molar-refractivity contribution is 0.0819. The van der Waals surface area contributed by atoms with Gasteiger partial charge in [-0.3, -0.25) is 9.69 Å². The summed E-state index contributed by atoms with van der Waals surface area (Å²) in [5.74, 6) is 1.06. The van der Waals surface area contributed by atoms with Gasteiger partial charge in [0.25, 0.3) is 5.91 Å². The average molecular weight is 358 g/mol. The lowest BCUT2D eigenvalue weighted by atomic mass is 10.1. The molecule has 1 aliphatic rings. The van der Waals surface area contributed by atoms with E-state index in [0.29, 0.717) is 10.7 Å². The highest BCUT2D eigenvalue weighted by Gasteiger charge is 2.34. The molecule has 1 heterocycles. The maximum Gasteiger partial charge on any atom is 0.260 e. The largest absolute Gasteiger partial charge is 0.497 e. The standard InChI is InChI=1S/C19H19FN2O2S/c1-3-16-12-25-19(21-15-8-10-17(24-2)11-9-15)22(16)18(23)13-4-6-14(20)7-5-13/h4-11,16H,3,12H2,1-2H3/t16-/m0/s1. The fourth-order valence-corrected chi connectivity index (χ4v) is 3.88. The minimum Gasteiger partial charge on any atom is -0.497 e. The monoisotopic (exact) mass is 358 g/mol. The summed E-state index contributed by atoms with van der Waals surface area (Å²) >= 11 is 1.56. The Morgan fingerprint density at radius 1 is 1.24 bits per heavy atom. The molecule has 0 aromatic heterocycles. The molecule has 1 saturated heterocycles. The number of halogens is 1. The van der Waals surface area contributed by atoms with Gasteiger partial charge in [0.15, 0.2) is 5.17 Å². The van der Waals surface area contributed by atoms with E-state index in [0.717, 1.165) is 23.6 Å². The van der Waals surface area contributed by atoms with E-state index in [2.05, 4.69) is 4.99 Å². The summed E-state index contributed by atoms with van der Waals surface area (Å²) in [5.41, 5.74) is 1.22. The number of hydrogen-bond acceptors (Lipinski definition) is 4. The predicted molar refractivity (Wildman–Crippen MR) is 99.2 cm³/mol. The van der Waals surface area contributed by atoms with Gasteiger partial charge in [-0.15, -0.1) is 0 Å². The highest BCUT2D eigenvalue weighted by atomic mass is 32.2. The van der Waals surface area contributed by atoms with Gasteiger partial charge in [-0.1, -0.05) is 18.7 Å². The van der Waals surface area contributed by atoms with Crippen LogP contribution in [0.2, 0.25) is 0 Å². The van der Waals surface area contributed by atoms with Crippen molar-refractivity contribution in [2.45, 2.75) is 19.4 Å². The van der Waals surface area contributed by atoms with Crippen molar-refractivity contribution in [3.05, 3.63) is 59.9 Å². The molecule has 0 saturated carbocycles. The van der Waals surface area contributed by atoms with Crippen LogP contribution in [-0.2, 0) is 0 Å². The molecule has 130 valence electrons. The minimum absolute atomic E-state index is 0.0829. The number of aliphatic imine (C=N–C) groups is 1. The fourth-order valence-electron chi connectivity index (χ4n) is 2.61. The summed E-state index contributed by atoms with van der Waals surface area (Å²) in [6, 6.07) is 13.1. The van der Waals surface area contributed by atoms with E-state index in [4.69, 9.17) is 4.74 Å². The van der Waals surface area contributed by atoms with E-state index in [9.17, 15) is 9.18 Å². The molecule has 0 N–H and O–H groups in total. The van der Waals surface area contributed by atoms with Gasteiger partial charge < -0.3 is 4.74 Å². The molecule has 0 unspecified atom stereocenters. The number of methoxy groups -OCH3 is 1. The molecule has 6 heteroatoms. The van der Waals surface area contributed by atoms with Crippen LogP contribution < -0.4 is 4.74 Å². The normalized spacial score (nSPS) is 18.6. The van der Waals surface area contributed by atoms with E-state index in [-0.39, 0.29) is 17.8 Å². The van der Waals surface area contributed by atoms with Gasteiger partial charge in [0.2, 0.25) is 0 Å². The van der Waals surface area contributed by atoms with Crippen LogP contribution in [0.3, 0.4) is 0 Å². The highest BCUT2D eigenvalue weighted by molar-refractivity contribution is 8.14. The van der Waals surface area contributed by atoms with Crippen LogP contribution in [0.25, 0.3) is 0 Å². The first-order valence-corrected chi connectivity index (χ1v) is 9.05. The maximum atomic E-state index is 13.1. The van der Waals surface area contributed by atoms with Crippen molar-refractivity contribution in [1.82, 2.24) is 4.90 Å². The van der Waals surface area contributed by atoms with Gasteiger partial charge in [0, 0.05) is 17.4 Å². The van der Waals surface area contributed by atoms with Crippen LogP contribution in [-0.4, -0.2) is 34.9 Å². The van der Waals surface area contributed by atoms with Crippen LogP contribution in [0.5, 0.6) is 5.75 Å². The second kappa shape index (κ2) is 7.70. The number of amidine groups is 1. The summed E-state index contributed by atoms with van der Waals surface area (Å²) in [6.07, 6.45) is 0.835. The third kappa shape index (κ3) is 3.85. The number of rotatable bonds is 4. The number of benzene rings is 2. The second-order valence-corrected chi connectivity index (χ2v) is 6.63. The fraction of sp³-hybridized carbons (Fsp3) is 0.263. The molecule has 2 aromatic rings. The molecule has 1 atom stereocenters. The number of hydrogen-bond donors (Lipinski definition) is 0. The quantitative estimate of drug-likeness (QED) is 0.809. The number of carbonyl (C=O) groups is 1. The Kier molecular flexibility index (Phi) is 5.38. The molecule has 0 spiro atoms. The van der Waals surface area contributed by atoms with E-state index in [1.54, 1.807) is 23.8 Å². The zero-order chi connectivity index (χ0) is 17.8. The molecule has 0 aliphatic carbocycles. The number of nitrogens with zero attached hydrogens (tertiary/aromatic N) is 2. The van der Waals surface area contributed by atoms with Crippen molar-refractivity contribution < 1.29 is 13.9 Å². The van der Waals surface area contributed by atoms with Crippen molar-refractivity contribution in [2.24, 2.45) is 4.99 Å². The first-order valence-electron chi connectivity index (χ1n) is 8.07. The van der Waals surface area contributed by atoms with Crippen molar-refractivity contribution in [3.8, 4) is 5.75 Å². The predicted octanol–water partition coefficient (Wildman–Crippen LogP) is 4.49. The van der Waals surface area contributed by atoms with Crippen LogP contribution in [0.1, 0.15) is 23.7 Å². The van der Waals surface area contributed by atoms with Gasteiger partial charge in [-0.05, 0) is 55.0 Å². The Morgan fingerprint density at radius 2 is 1.92 bits per heavy atom. The van der Waals surface area contributed by atoms with Crippen LogP contribution >= 0.6 is 11.8 Å². The van der Waals surface area contributed by atoms with Crippen LogP contribution in [0, 0.1) is 5.82 Å². The molecule has 1 fully saturated rings. The van der Waals surface area contributed by atoms with E-state index in [1.165, 1.54) is 24.3 Å². The zero-order valence-electron chi connectivity index (χ0n) is 14.1. The number of thioether (sulfide) groups is 1. The van der Waals surface area contributed by atoms with Crippen molar-refractivity contribution >= 4 is 28.5 Å². The molecule has 25 heavy (non-hydrogen) atoms. The molecule has 0 bridgehead atoms. The molecule has 1 amide bonds. The Balaban J connectivity index is 1.90. The van der Waals surface area contributed by atoms with Crippen molar-refractivity contribution in [3.63, 3.8) is 0 Å². The molecule has 1 aliphatic heterocycles. The van der Waals surface area contributed by atoms with Crippen LogP contribution in [0.4, 0.5) is 10.1 Å². The summed E-state index contributed by atoms with van der Waals surface area (Å²) in [6.45, 7) is 2.05. The Morgan fingerprint density at radius 3 is 2.52 bits per heavy atom. The number of ether oxygens (including phenoxy) is 1. The van der Waals surface area contributed by atoms with Gasteiger partial charge in [0.1, 0.15) is 11.6 Å². The lowest BCUT2D eigenvalue weighted by Gasteiger charge is -2.23. The Labute approximate surface area is 150 Å². The van der Waals surface area contributed by atoms with Gasteiger partial charge in [0.05, 0.1) is 12.8 Å². The summed E-state index contributed by atoms with van der Waals surface area (Å²) in [4.78, 5) is 19.3. The number of carbonyl (C=O) groups excluding carboxylic acids is 1. The third-order valence-electron chi connectivity index (χ3n) is 4.05. The molecule has 0 radical (unpaired) electrons. The molecular formula is C19H19FN2O2S. The number of amides is 1. The third-order valence-corrected chi connectivity index (χ3v) is 5.15. The van der Waals surface area contributed by atoms with E-state index < -0.39 is 0 Å². The topological polar surface area (TPSA) is 41.9 Å². The summed E-state index contributed by atoms with van der Waals surface area (Å²) in [5, 5.41) is 0.673. The molecular weight excluding hydrogens is 339 g/mol. The van der Waals surface area contributed by atoms with Crippen molar-refractivity contribution in [2.75, 3.05) is 12.9 Å². The average Bonchev–Trinajstić information content (AvgIpc) is 3.05. The maximum absolute atomic E-state index is 13.1. The first-order chi connectivity index (χ1) is 12.1. The molecule has 4 nitrogen and oxygen atoms in total. The highest BCUT2D eigenvalue weighted by Crippen LogP contribution is 2.30. The van der Waals surface area contributed by atoms with E-state index in [1.807, 2.05) is 31.2 Å². The Hall–Kier alpha value is -2.34. The van der Waals surface area contributed by atoms with Gasteiger partial charge >= 0.3 is 0 Å². The Bertz CT molecular complexity index is 775. The summed E-state index contributed by atoms with van der Waals surface area (Å²) in [7, 11) is 1.61. The lowest BCUT2D eigenvalue weighted by Crippen LogP contribution is -2.39. The zero-order valence-corrected chi connectivity index (χ0v) is 14.9. The minimum atomic E-state index is -0.355. The van der Waals surface area contributed by atoms with Crippen molar-refractivity contribution in [1.29, 1.82) is 0 Å².